The van der Waals surface area contributed by atoms with Crippen LogP contribution in [0.3, 0.4) is 0 Å². The lowest BCUT2D eigenvalue weighted by atomic mass is 9.99. The molecule has 2 atom stereocenters. The van der Waals surface area contributed by atoms with Gasteiger partial charge in [-0.25, -0.2) is 4.98 Å². The Labute approximate surface area is 115 Å². The van der Waals surface area contributed by atoms with Crippen LogP contribution in [0.2, 0.25) is 0 Å². The largest absolute Gasteiger partial charge is 0.469 e. The second-order valence-electron chi connectivity index (χ2n) is 5.02. The number of anilines is 2. The molecule has 106 valence electrons. The smallest absolute Gasteiger partial charge is 0.310 e. The number of nitrogens with two attached hydrogens (primary N) is 1. The molecule has 1 aliphatic rings. The number of ether oxygens (including phenoxy) is 1. The van der Waals surface area contributed by atoms with Gasteiger partial charge in [0.15, 0.2) is 11.5 Å². The highest BCUT2D eigenvalue weighted by Gasteiger charge is 2.37. The Bertz CT molecular complexity index is 654. The van der Waals surface area contributed by atoms with Gasteiger partial charge in [-0.3, -0.25) is 4.79 Å². The molecule has 3 rings (SSSR count). The van der Waals surface area contributed by atoms with Crippen molar-refractivity contribution in [1.82, 2.24) is 19.9 Å². The van der Waals surface area contributed by atoms with Gasteiger partial charge in [0.25, 0.3) is 0 Å². The number of aromatic amines is 1. The van der Waals surface area contributed by atoms with Crippen molar-refractivity contribution in [2.75, 3.05) is 30.8 Å². The molecule has 0 bridgehead atoms. The summed E-state index contributed by atoms with van der Waals surface area (Å²) in [5.41, 5.74) is 6.97. The second-order valence-corrected chi connectivity index (χ2v) is 5.02. The van der Waals surface area contributed by atoms with Crippen LogP contribution in [0.25, 0.3) is 11.2 Å². The Morgan fingerprint density at radius 1 is 1.50 bits per heavy atom. The second kappa shape index (κ2) is 4.62. The maximum atomic E-state index is 11.8. The van der Waals surface area contributed by atoms with Gasteiger partial charge in [-0.05, 0) is 5.92 Å². The van der Waals surface area contributed by atoms with Crippen LogP contribution in [-0.2, 0) is 9.53 Å². The van der Waals surface area contributed by atoms with E-state index in [1.54, 1.807) is 6.33 Å². The van der Waals surface area contributed by atoms with Crippen molar-refractivity contribution in [2.45, 2.75) is 6.92 Å². The number of nitrogens with one attached hydrogen (secondary N) is 1. The number of hydrogen-bond acceptors (Lipinski definition) is 7. The first-order chi connectivity index (χ1) is 9.60. The summed E-state index contributed by atoms with van der Waals surface area (Å²) >= 11 is 0. The van der Waals surface area contributed by atoms with Crippen molar-refractivity contribution < 1.29 is 9.53 Å². The van der Waals surface area contributed by atoms with E-state index in [1.165, 1.54) is 7.11 Å². The molecule has 2 aromatic heterocycles. The van der Waals surface area contributed by atoms with Crippen molar-refractivity contribution in [3.8, 4) is 0 Å². The van der Waals surface area contributed by atoms with Gasteiger partial charge < -0.3 is 20.4 Å². The number of imidazole rings is 1. The Morgan fingerprint density at radius 2 is 2.30 bits per heavy atom. The lowest BCUT2D eigenvalue weighted by Gasteiger charge is -2.17. The molecule has 8 heteroatoms. The minimum Gasteiger partial charge on any atom is -0.469 e. The normalized spacial score (nSPS) is 22.4. The summed E-state index contributed by atoms with van der Waals surface area (Å²) in [5.74, 6) is 0.700. The lowest BCUT2D eigenvalue weighted by molar-refractivity contribution is -0.145. The number of carbonyl (C=O) groups excluding carboxylic acids is 1. The molecule has 0 aliphatic carbocycles. The van der Waals surface area contributed by atoms with Crippen molar-refractivity contribution >= 4 is 28.9 Å². The minimum atomic E-state index is -0.192. The van der Waals surface area contributed by atoms with E-state index in [0.29, 0.717) is 24.6 Å². The Balaban J connectivity index is 1.96. The Hall–Kier alpha value is -2.38. The molecule has 0 aromatic carbocycles. The van der Waals surface area contributed by atoms with Gasteiger partial charge in [-0.2, -0.15) is 9.97 Å². The number of hydrogen-bond donors (Lipinski definition) is 2. The predicted octanol–water partition coefficient (Wildman–Crippen LogP) is 0.180. The summed E-state index contributed by atoms with van der Waals surface area (Å²) in [7, 11) is 1.41. The first kappa shape index (κ1) is 12.6. The number of fused-ring (bicyclic) bond motifs is 1. The van der Waals surface area contributed by atoms with Crippen molar-refractivity contribution in [3.63, 3.8) is 0 Å². The lowest BCUT2D eigenvalue weighted by Crippen LogP contribution is -2.25. The van der Waals surface area contributed by atoms with Crippen LogP contribution in [-0.4, -0.2) is 46.1 Å². The van der Waals surface area contributed by atoms with Crippen LogP contribution in [0.4, 0.5) is 11.8 Å². The molecule has 3 N–H and O–H groups in total. The topological polar surface area (TPSA) is 110 Å². The Morgan fingerprint density at radius 3 is 3.05 bits per heavy atom. The van der Waals surface area contributed by atoms with Gasteiger partial charge in [0.05, 0.1) is 19.4 Å². The quantitative estimate of drug-likeness (QED) is 0.753. The van der Waals surface area contributed by atoms with Crippen molar-refractivity contribution in [2.24, 2.45) is 11.8 Å². The molecule has 1 fully saturated rings. The summed E-state index contributed by atoms with van der Waals surface area (Å²) in [4.78, 5) is 29.2. The molecule has 1 aliphatic heterocycles. The van der Waals surface area contributed by atoms with E-state index >= 15 is 0 Å². The number of H-pyrrole nitrogens is 1. The van der Waals surface area contributed by atoms with Gasteiger partial charge in [0.2, 0.25) is 5.95 Å². The molecule has 1 saturated heterocycles. The third-order valence-electron chi connectivity index (χ3n) is 3.70. The fourth-order valence-corrected chi connectivity index (χ4v) is 2.66. The maximum Gasteiger partial charge on any atom is 0.310 e. The SMILES string of the molecule is COC(=O)C1CN(c2nc(N)nc3nc[nH]c23)CC1C. The van der Waals surface area contributed by atoms with Crippen LogP contribution >= 0.6 is 0 Å². The summed E-state index contributed by atoms with van der Waals surface area (Å²) < 4.78 is 4.84. The average Bonchev–Trinajstić information content (AvgIpc) is 3.03. The van der Waals surface area contributed by atoms with E-state index in [9.17, 15) is 4.79 Å². The first-order valence-corrected chi connectivity index (χ1v) is 6.39. The van der Waals surface area contributed by atoms with E-state index in [1.807, 2.05) is 11.8 Å². The molecular weight excluding hydrogens is 260 g/mol. The Kier molecular flexibility index (Phi) is 2.92. The predicted molar refractivity (Wildman–Crippen MR) is 73.0 cm³/mol. The number of aromatic nitrogens is 4. The molecule has 0 saturated carbocycles. The molecule has 2 aromatic rings. The number of nitrogens with zero attached hydrogens (tertiary/aromatic N) is 4. The highest BCUT2D eigenvalue weighted by molar-refractivity contribution is 5.85. The minimum absolute atomic E-state index is 0.158. The number of esters is 1. The monoisotopic (exact) mass is 276 g/mol. The van der Waals surface area contributed by atoms with E-state index in [-0.39, 0.29) is 23.8 Å². The standard InChI is InChI=1S/C12H16N6O2/c1-6-3-18(4-7(6)11(19)20-2)10-8-9(15-5-14-8)16-12(13)17-10/h5-7H,3-4H2,1-2H3,(H3,13,14,15,16,17). The fraction of sp³-hybridized carbons (Fsp3) is 0.500. The van der Waals surface area contributed by atoms with Gasteiger partial charge in [-0.15, -0.1) is 0 Å². The highest BCUT2D eigenvalue weighted by Crippen LogP contribution is 2.31. The summed E-state index contributed by atoms with van der Waals surface area (Å²) in [6, 6.07) is 0. The van der Waals surface area contributed by atoms with Gasteiger partial charge in [0.1, 0.15) is 5.52 Å². The molecule has 3 heterocycles. The van der Waals surface area contributed by atoms with Crippen LogP contribution < -0.4 is 10.6 Å². The molecule has 0 amide bonds. The number of methoxy groups -OCH3 is 1. The zero-order valence-corrected chi connectivity index (χ0v) is 11.3. The molecular formula is C12H16N6O2. The van der Waals surface area contributed by atoms with E-state index < -0.39 is 0 Å². The van der Waals surface area contributed by atoms with Crippen LogP contribution in [0.1, 0.15) is 6.92 Å². The summed E-state index contributed by atoms with van der Waals surface area (Å²) in [5, 5.41) is 0. The van der Waals surface area contributed by atoms with Gasteiger partial charge >= 0.3 is 5.97 Å². The first-order valence-electron chi connectivity index (χ1n) is 6.39. The van der Waals surface area contributed by atoms with Crippen molar-refractivity contribution in [1.29, 1.82) is 0 Å². The fourth-order valence-electron chi connectivity index (χ4n) is 2.66. The van der Waals surface area contributed by atoms with Crippen LogP contribution in [0.15, 0.2) is 6.33 Å². The molecule has 0 spiro atoms. The third-order valence-corrected chi connectivity index (χ3v) is 3.70. The average molecular weight is 276 g/mol. The summed E-state index contributed by atoms with van der Waals surface area (Å²) in [6.45, 7) is 3.29. The van der Waals surface area contributed by atoms with E-state index in [4.69, 9.17) is 10.5 Å². The number of carbonyl (C=O) groups is 1. The number of nitrogen functional groups attached to an aromatic ring is 1. The molecule has 8 nitrogen and oxygen atoms in total. The zero-order chi connectivity index (χ0) is 14.3. The van der Waals surface area contributed by atoms with Gasteiger partial charge in [-0.1, -0.05) is 6.92 Å². The maximum absolute atomic E-state index is 11.8. The van der Waals surface area contributed by atoms with Crippen molar-refractivity contribution in [3.05, 3.63) is 6.33 Å². The third kappa shape index (κ3) is 1.93. The van der Waals surface area contributed by atoms with Crippen LogP contribution in [0.5, 0.6) is 0 Å². The zero-order valence-electron chi connectivity index (χ0n) is 11.3. The van der Waals surface area contributed by atoms with Crippen LogP contribution in [0, 0.1) is 11.8 Å². The van der Waals surface area contributed by atoms with Gasteiger partial charge in [0, 0.05) is 13.1 Å². The van der Waals surface area contributed by atoms with E-state index in [2.05, 4.69) is 19.9 Å². The molecule has 0 radical (unpaired) electrons. The molecule has 2 unspecified atom stereocenters. The summed E-state index contributed by atoms with van der Waals surface area (Å²) in [6.07, 6.45) is 1.56. The number of rotatable bonds is 2. The highest BCUT2D eigenvalue weighted by atomic mass is 16.5. The van der Waals surface area contributed by atoms with E-state index in [0.717, 1.165) is 5.52 Å². The molecule has 20 heavy (non-hydrogen) atoms.